The molecular weight excluding hydrogens is 270 g/mol. The summed E-state index contributed by atoms with van der Waals surface area (Å²) in [6, 6.07) is 3.58. The van der Waals surface area contributed by atoms with E-state index in [-0.39, 0.29) is 11.5 Å². The van der Waals surface area contributed by atoms with E-state index in [1.54, 1.807) is 13.2 Å². The van der Waals surface area contributed by atoms with Crippen LogP contribution in [0.25, 0.3) is 0 Å². The van der Waals surface area contributed by atoms with Gasteiger partial charge in [-0.3, -0.25) is 4.79 Å². The monoisotopic (exact) mass is 293 g/mol. The van der Waals surface area contributed by atoms with Gasteiger partial charge in [0.25, 0.3) is 5.91 Å². The van der Waals surface area contributed by atoms with E-state index in [9.17, 15) is 4.79 Å². The first-order valence-corrected chi connectivity index (χ1v) is 7.63. The average molecular weight is 293 g/mol. The van der Waals surface area contributed by atoms with Crippen LogP contribution in [0.3, 0.4) is 0 Å². The molecule has 5 nitrogen and oxygen atoms in total. The van der Waals surface area contributed by atoms with E-state index < -0.39 is 0 Å². The quantitative estimate of drug-likeness (QED) is 0.857. The van der Waals surface area contributed by atoms with Crippen molar-refractivity contribution in [3.8, 4) is 0 Å². The summed E-state index contributed by atoms with van der Waals surface area (Å²) in [4.78, 5) is 14.4. The Bertz CT molecular complexity index is 512. The van der Waals surface area contributed by atoms with Crippen LogP contribution in [0.2, 0.25) is 0 Å². The molecule has 1 amide bonds. The van der Waals surface area contributed by atoms with Crippen molar-refractivity contribution in [3.05, 3.63) is 23.7 Å². The van der Waals surface area contributed by atoms with Crippen molar-refractivity contribution in [1.82, 2.24) is 4.90 Å². The van der Waals surface area contributed by atoms with Crippen molar-refractivity contribution in [2.45, 2.75) is 31.8 Å². The summed E-state index contributed by atoms with van der Waals surface area (Å²) in [6.45, 7) is 4.40. The third-order valence-corrected chi connectivity index (χ3v) is 4.71. The molecule has 1 aromatic heterocycles. The number of rotatable bonds is 3. The third kappa shape index (κ3) is 2.72. The Balaban J connectivity index is 1.75. The first-order valence-electron chi connectivity index (χ1n) is 7.63. The molecule has 0 aromatic carbocycles. The number of furan rings is 1. The van der Waals surface area contributed by atoms with Gasteiger partial charge in [0.05, 0.1) is 25.4 Å². The predicted molar refractivity (Wildman–Crippen MR) is 77.2 cm³/mol. The van der Waals surface area contributed by atoms with E-state index in [4.69, 9.17) is 13.9 Å². The van der Waals surface area contributed by atoms with Crippen molar-refractivity contribution in [1.29, 1.82) is 0 Å². The highest BCUT2D eigenvalue weighted by Crippen LogP contribution is 2.41. The van der Waals surface area contributed by atoms with Crippen LogP contribution in [-0.4, -0.2) is 49.8 Å². The first-order chi connectivity index (χ1) is 10.1. The van der Waals surface area contributed by atoms with Gasteiger partial charge in [-0.05, 0) is 31.9 Å². The Labute approximate surface area is 125 Å². The molecule has 0 bridgehead atoms. The molecule has 2 aliphatic rings. The fraction of sp³-hybridized carbons (Fsp3) is 0.688. The Kier molecular flexibility index (Phi) is 4.04. The number of hydrogen-bond acceptors (Lipinski definition) is 4. The third-order valence-electron chi connectivity index (χ3n) is 4.71. The molecule has 1 saturated carbocycles. The second-order valence-corrected chi connectivity index (χ2v) is 6.09. The van der Waals surface area contributed by atoms with Crippen LogP contribution in [0.5, 0.6) is 0 Å². The van der Waals surface area contributed by atoms with Gasteiger partial charge in [0, 0.05) is 19.6 Å². The van der Waals surface area contributed by atoms with Crippen molar-refractivity contribution in [2.24, 2.45) is 5.92 Å². The second-order valence-electron chi connectivity index (χ2n) is 6.09. The lowest BCUT2D eigenvalue weighted by Gasteiger charge is -2.43. The van der Waals surface area contributed by atoms with Crippen LogP contribution in [0.1, 0.15) is 35.6 Å². The molecule has 0 unspecified atom stereocenters. The van der Waals surface area contributed by atoms with E-state index in [2.05, 4.69) is 0 Å². The van der Waals surface area contributed by atoms with Crippen molar-refractivity contribution in [3.63, 3.8) is 0 Å². The zero-order valence-corrected chi connectivity index (χ0v) is 12.8. The van der Waals surface area contributed by atoms with Crippen LogP contribution in [0, 0.1) is 12.8 Å². The molecule has 1 aliphatic heterocycles. The van der Waals surface area contributed by atoms with Gasteiger partial charge in [0.1, 0.15) is 5.76 Å². The lowest BCUT2D eigenvalue weighted by atomic mass is 9.89. The number of morpholine rings is 1. The molecule has 1 aliphatic carbocycles. The van der Waals surface area contributed by atoms with E-state index in [0.717, 1.165) is 25.0 Å². The highest BCUT2D eigenvalue weighted by molar-refractivity contribution is 5.91. The Morgan fingerprint density at radius 3 is 3.10 bits per heavy atom. The van der Waals surface area contributed by atoms with Gasteiger partial charge in [-0.1, -0.05) is 6.42 Å². The van der Waals surface area contributed by atoms with E-state index in [0.29, 0.717) is 38.0 Å². The van der Waals surface area contributed by atoms with Crippen LogP contribution >= 0.6 is 0 Å². The topological polar surface area (TPSA) is 51.9 Å². The molecule has 2 fully saturated rings. The molecule has 2 heterocycles. The lowest BCUT2D eigenvalue weighted by molar-refractivity contribution is -0.131. The molecule has 0 N–H and O–H groups in total. The fourth-order valence-electron chi connectivity index (χ4n) is 3.63. The van der Waals surface area contributed by atoms with Crippen LogP contribution in [0.4, 0.5) is 0 Å². The first kappa shape index (κ1) is 14.6. The minimum absolute atomic E-state index is 0.0335. The van der Waals surface area contributed by atoms with E-state index >= 15 is 0 Å². The normalized spacial score (nSPS) is 29.2. The van der Waals surface area contributed by atoms with Crippen LogP contribution in [-0.2, 0) is 9.47 Å². The predicted octanol–water partition coefficient (Wildman–Crippen LogP) is 2.25. The minimum Gasteiger partial charge on any atom is -0.456 e. The summed E-state index contributed by atoms with van der Waals surface area (Å²) in [5.41, 5.74) is -0.231. The molecule has 21 heavy (non-hydrogen) atoms. The van der Waals surface area contributed by atoms with Crippen molar-refractivity contribution in [2.75, 3.05) is 33.4 Å². The molecule has 0 radical (unpaired) electrons. The SMILES string of the molecule is COC[C@@H]1CCC[C@@]12CN(C(=O)c1ccc(C)o1)CCO2. The molecule has 1 spiro atoms. The molecule has 1 aromatic rings. The Morgan fingerprint density at radius 2 is 2.38 bits per heavy atom. The Hall–Kier alpha value is -1.33. The summed E-state index contributed by atoms with van der Waals surface area (Å²) < 4.78 is 16.9. The maximum absolute atomic E-state index is 12.6. The van der Waals surface area contributed by atoms with Crippen molar-refractivity contribution >= 4 is 5.91 Å². The smallest absolute Gasteiger partial charge is 0.289 e. The number of carbonyl (C=O) groups is 1. The van der Waals surface area contributed by atoms with Crippen LogP contribution < -0.4 is 0 Å². The number of ether oxygens (including phenoxy) is 2. The zero-order valence-electron chi connectivity index (χ0n) is 12.8. The summed E-state index contributed by atoms with van der Waals surface area (Å²) in [6.07, 6.45) is 3.24. The summed E-state index contributed by atoms with van der Waals surface area (Å²) in [7, 11) is 1.73. The maximum atomic E-state index is 12.6. The van der Waals surface area contributed by atoms with E-state index in [1.165, 1.54) is 0 Å². The summed E-state index contributed by atoms with van der Waals surface area (Å²) in [5, 5.41) is 0. The van der Waals surface area contributed by atoms with Gasteiger partial charge in [-0.15, -0.1) is 0 Å². The summed E-state index contributed by atoms with van der Waals surface area (Å²) >= 11 is 0. The standard InChI is InChI=1S/C16H23NO4/c1-12-5-6-14(21-12)15(18)17-8-9-20-16(11-17)7-3-4-13(16)10-19-2/h5-6,13H,3-4,7-11H2,1-2H3/t13-,16+/m0/s1. The maximum Gasteiger partial charge on any atom is 0.289 e. The van der Waals surface area contributed by atoms with Gasteiger partial charge >= 0.3 is 0 Å². The Morgan fingerprint density at radius 1 is 1.52 bits per heavy atom. The number of hydrogen-bond donors (Lipinski definition) is 0. The largest absolute Gasteiger partial charge is 0.456 e. The molecule has 5 heteroatoms. The van der Waals surface area contributed by atoms with Gasteiger partial charge in [0.15, 0.2) is 5.76 Å². The lowest BCUT2D eigenvalue weighted by Crippen LogP contribution is -2.56. The number of methoxy groups -OCH3 is 1. The number of amides is 1. The number of aryl methyl sites for hydroxylation is 1. The molecule has 3 rings (SSSR count). The number of carbonyl (C=O) groups excluding carboxylic acids is 1. The average Bonchev–Trinajstić information content (AvgIpc) is 3.07. The molecule has 2 atom stereocenters. The van der Waals surface area contributed by atoms with Gasteiger partial charge in [-0.25, -0.2) is 0 Å². The van der Waals surface area contributed by atoms with Gasteiger partial charge in [0.2, 0.25) is 0 Å². The van der Waals surface area contributed by atoms with Gasteiger partial charge < -0.3 is 18.8 Å². The fourth-order valence-corrected chi connectivity index (χ4v) is 3.63. The minimum atomic E-state index is -0.231. The number of nitrogens with zero attached hydrogens (tertiary/aromatic N) is 1. The van der Waals surface area contributed by atoms with E-state index in [1.807, 2.05) is 17.9 Å². The van der Waals surface area contributed by atoms with Crippen molar-refractivity contribution < 1.29 is 18.7 Å². The van der Waals surface area contributed by atoms with Crippen LogP contribution in [0.15, 0.2) is 16.5 Å². The summed E-state index contributed by atoms with van der Waals surface area (Å²) in [5.74, 6) is 1.52. The zero-order chi connectivity index (χ0) is 14.9. The molecule has 1 saturated heterocycles. The molecular formula is C16H23NO4. The highest BCUT2D eigenvalue weighted by Gasteiger charge is 2.48. The molecule has 116 valence electrons. The van der Waals surface area contributed by atoms with Gasteiger partial charge in [-0.2, -0.15) is 0 Å². The second kappa shape index (κ2) is 5.81. The highest BCUT2D eigenvalue weighted by atomic mass is 16.5.